The second-order valence-electron chi connectivity index (χ2n) is 4.53. The van der Waals surface area contributed by atoms with E-state index in [0.29, 0.717) is 11.3 Å². The number of rotatable bonds is 5. The van der Waals surface area contributed by atoms with Crippen LogP contribution in [0, 0.1) is 15.9 Å². The monoisotopic (exact) mass is 291 g/mol. The van der Waals surface area contributed by atoms with Crippen molar-refractivity contribution in [3.63, 3.8) is 0 Å². The highest BCUT2D eigenvalue weighted by atomic mass is 19.1. The van der Waals surface area contributed by atoms with Crippen molar-refractivity contribution < 1.29 is 19.2 Å². The van der Waals surface area contributed by atoms with Crippen LogP contribution in [0.25, 0.3) is 0 Å². The van der Waals surface area contributed by atoms with Crippen LogP contribution in [0.15, 0.2) is 42.5 Å². The minimum atomic E-state index is -0.733. The van der Waals surface area contributed by atoms with Gasteiger partial charge in [0.25, 0.3) is 5.69 Å². The Kier molecular flexibility index (Phi) is 4.49. The second-order valence-corrected chi connectivity index (χ2v) is 4.53. The molecule has 5 nitrogen and oxygen atoms in total. The van der Waals surface area contributed by atoms with Crippen molar-refractivity contribution in [2.45, 2.75) is 19.6 Å². The number of hydrogen-bond acceptors (Lipinski definition) is 4. The lowest BCUT2D eigenvalue weighted by atomic mass is 10.1. The van der Waals surface area contributed by atoms with Crippen LogP contribution in [0.3, 0.4) is 0 Å². The standard InChI is InChI=1S/C15H14FNO4/c1-10(18)13-4-2-3-5-15(13)21-9-11-8-12(16)6-7-14(11)17(19)20/h2-8,10,18H,9H2,1H3/t10-/m1/s1. The van der Waals surface area contributed by atoms with Crippen molar-refractivity contribution in [1.82, 2.24) is 0 Å². The van der Waals surface area contributed by atoms with Crippen LogP contribution >= 0.6 is 0 Å². The van der Waals surface area contributed by atoms with Gasteiger partial charge in [0.1, 0.15) is 18.2 Å². The van der Waals surface area contributed by atoms with Crippen LogP contribution in [0.4, 0.5) is 10.1 Å². The molecule has 0 amide bonds. The third-order valence-electron chi connectivity index (χ3n) is 2.99. The molecular formula is C15H14FNO4. The molecule has 6 heteroatoms. The molecule has 1 N–H and O–H groups in total. The third-order valence-corrected chi connectivity index (χ3v) is 2.99. The number of benzene rings is 2. The summed E-state index contributed by atoms with van der Waals surface area (Å²) in [6.07, 6.45) is -0.733. The number of ether oxygens (including phenoxy) is 1. The molecule has 21 heavy (non-hydrogen) atoms. The Morgan fingerprint density at radius 1 is 1.33 bits per heavy atom. The van der Waals surface area contributed by atoms with E-state index in [1.807, 2.05) is 0 Å². The molecule has 0 aliphatic carbocycles. The molecule has 0 heterocycles. The van der Waals surface area contributed by atoms with Gasteiger partial charge in [-0.05, 0) is 25.1 Å². The summed E-state index contributed by atoms with van der Waals surface area (Å²) in [5.41, 5.74) is 0.503. The van der Waals surface area contributed by atoms with Crippen LogP contribution in [-0.4, -0.2) is 10.0 Å². The van der Waals surface area contributed by atoms with E-state index in [0.717, 1.165) is 18.2 Å². The Hall–Kier alpha value is -2.47. The fourth-order valence-electron chi connectivity index (χ4n) is 1.96. The second kappa shape index (κ2) is 6.32. The molecule has 0 bridgehead atoms. The molecule has 1 atom stereocenters. The number of halogens is 1. The Morgan fingerprint density at radius 2 is 2.05 bits per heavy atom. The average Bonchev–Trinajstić information content (AvgIpc) is 2.45. The lowest BCUT2D eigenvalue weighted by Crippen LogP contribution is -2.04. The van der Waals surface area contributed by atoms with Crippen LogP contribution in [0.1, 0.15) is 24.2 Å². The quantitative estimate of drug-likeness (QED) is 0.677. The Balaban J connectivity index is 2.25. The number of nitro groups is 1. The molecule has 0 spiro atoms. The van der Waals surface area contributed by atoms with E-state index in [-0.39, 0.29) is 17.9 Å². The molecule has 0 radical (unpaired) electrons. The summed E-state index contributed by atoms with van der Waals surface area (Å²) >= 11 is 0. The maximum Gasteiger partial charge on any atom is 0.276 e. The Bertz CT molecular complexity index is 658. The van der Waals surface area contributed by atoms with E-state index in [4.69, 9.17) is 4.74 Å². The zero-order valence-electron chi connectivity index (χ0n) is 11.3. The summed E-state index contributed by atoms with van der Waals surface area (Å²) in [6, 6.07) is 10.0. The fourth-order valence-corrected chi connectivity index (χ4v) is 1.96. The number of aliphatic hydroxyl groups is 1. The minimum Gasteiger partial charge on any atom is -0.488 e. The van der Waals surface area contributed by atoms with E-state index < -0.39 is 16.8 Å². The van der Waals surface area contributed by atoms with Gasteiger partial charge in [0.2, 0.25) is 0 Å². The highest BCUT2D eigenvalue weighted by Crippen LogP contribution is 2.27. The molecule has 110 valence electrons. The summed E-state index contributed by atoms with van der Waals surface area (Å²) in [7, 11) is 0. The summed E-state index contributed by atoms with van der Waals surface area (Å²) in [5.74, 6) is -0.158. The number of para-hydroxylation sites is 1. The SMILES string of the molecule is C[C@@H](O)c1ccccc1OCc1cc(F)ccc1[N+](=O)[O-]. The Labute approximate surface area is 120 Å². The normalized spacial score (nSPS) is 12.0. The van der Waals surface area contributed by atoms with E-state index in [2.05, 4.69) is 0 Å². The molecule has 0 fully saturated rings. The first-order chi connectivity index (χ1) is 9.99. The largest absolute Gasteiger partial charge is 0.488 e. The third kappa shape index (κ3) is 3.55. The molecule has 0 saturated carbocycles. The highest BCUT2D eigenvalue weighted by molar-refractivity contribution is 5.41. The van der Waals surface area contributed by atoms with Gasteiger partial charge in [-0.1, -0.05) is 18.2 Å². The summed E-state index contributed by atoms with van der Waals surface area (Å²) in [5, 5.41) is 20.5. The van der Waals surface area contributed by atoms with E-state index in [1.54, 1.807) is 31.2 Å². The molecule has 2 aromatic carbocycles. The van der Waals surface area contributed by atoms with Crippen molar-refractivity contribution in [1.29, 1.82) is 0 Å². The molecule has 0 unspecified atom stereocenters. The smallest absolute Gasteiger partial charge is 0.276 e. The molecule has 2 rings (SSSR count). The van der Waals surface area contributed by atoms with Crippen molar-refractivity contribution >= 4 is 5.69 Å². The van der Waals surface area contributed by atoms with Gasteiger partial charge in [-0.2, -0.15) is 0 Å². The van der Waals surface area contributed by atoms with Gasteiger partial charge in [0, 0.05) is 11.6 Å². The van der Waals surface area contributed by atoms with Crippen LogP contribution in [0.5, 0.6) is 5.75 Å². The van der Waals surface area contributed by atoms with E-state index >= 15 is 0 Å². The van der Waals surface area contributed by atoms with Crippen molar-refractivity contribution in [3.8, 4) is 5.75 Å². The maximum absolute atomic E-state index is 13.2. The average molecular weight is 291 g/mol. The fraction of sp³-hybridized carbons (Fsp3) is 0.200. The Morgan fingerprint density at radius 3 is 2.71 bits per heavy atom. The van der Waals surface area contributed by atoms with Gasteiger partial charge < -0.3 is 9.84 Å². The van der Waals surface area contributed by atoms with E-state index in [9.17, 15) is 19.6 Å². The van der Waals surface area contributed by atoms with Gasteiger partial charge in [-0.15, -0.1) is 0 Å². The number of nitrogens with zero attached hydrogens (tertiary/aromatic N) is 1. The van der Waals surface area contributed by atoms with Crippen molar-refractivity contribution in [2.24, 2.45) is 0 Å². The topological polar surface area (TPSA) is 72.6 Å². The van der Waals surface area contributed by atoms with Crippen LogP contribution in [-0.2, 0) is 6.61 Å². The predicted molar refractivity (Wildman–Crippen MR) is 74.5 cm³/mol. The van der Waals surface area contributed by atoms with Crippen molar-refractivity contribution in [2.75, 3.05) is 0 Å². The summed E-state index contributed by atoms with van der Waals surface area (Å²) in [6.45, 7) is 1.44. The number of nitro benzene ring substituents is 1. The highest BCUT2D eigenvalue weighted by Gasteiger charge is 2.16. The summed E-state index contributed by atoms with van der Waals surface area (Å²) in [4.78, 5) is 10.3. The van der Waals surface area contributed by atoms with Gasteiger partial charge in [0.15, 0.2) is 0 Å². The van der Waals surface area contributed by atoms with Crippen molar-refractivity contribution in [3.05, 3.63) is 69.5 Å². The van der Waals surface area contributed by atoms with Crippen LogP contribution < -0.4 is 4.74 Å². The lowest BCUT2D eigenvalue weighted by molar-refractivity contribution is -0.385. The number of hydrogen-bond donors (Lipinski definition) is 1. The first kappa shape index (κ1) is 14.9. The molecule has 0 aliphatic heterocycles. The molecule has 2 aromatic rings. The molecule has 0 aliphatic rings. The molecule has 0 aromatic heterocycles. The minimum absolute atomic E-state index is 0.139. The number of aliphatic hydroxyl groups excluding tert-OH is 1. The first-order valence-corrected chi connectivity index (χ1v) is 6.31. The van der Waals surface area contributed by atoms with E-state index in [1.165, 1.54) is 0 Å². The van der Waals surface area contributed by atoms with Gasteiger partial charge in [-0.3, -0.25) is 10.1 Å². The van der Waals surface area contributed by atoms with Gasteiger partial charge in [-0.25, -0.2) is 4.39 Å². The molecule has 0 saturated heterocycles. The van der Waals surface area contributed by atoms with Crippen LogP contribution in [0.2, 0.25) is 0 Å². The lowest BCUT2D eigenvalue weighted by Gasteiger charge is -2.13. The summed E-state index contributed by atoms with van der Waals surface area (Å²) < 4.78 is 18.7. The zero-order valence-corrected chi connectivity index (χ0v) is 11.3. The maximum atomic E-state index is 13.2. The van der Waals surface area contributed by atoms with Gasteiger partial charge in [0.05, 0.1) is 16.6 Å². The first-order valence-electron chi connectivity index (χ1n) is 6.31. The molecular weight excluding hydrogens is 277 g/mol. The predicted octanol–water partition coefficient (Wildman–Crippen LogP) is 3.37. The zero-order chi connectivity index (χ0) is 15.4. The van der Waals surface area contributed by atoms with Gasteiger partial charge >= 0.3 is 0 Å².